The Morgan fingerprint density at radius 1 is 1.43 bits per heavy atom. The van der Waals surface area contributed by atoms with Gasteiger partial charge in [0.25, 0.3) is 0 Å². The lowest BCUT2D eigenvalue weighted by Crippen LogP contribution is -2.41. The van der Waals surface area contributed by atoms with Gasteiger partial charge in [-0.3, -0.25) is 4.90 Å². The summed E-state index contributed by atoms with van der Waals surface area (Å²) in [6, 6.07) is 0.680. The molecule has 0 aromatic heterocycles. The van der Waals surface area contributed by atoms with Crippen molar-refractivity contribution in [2.24, 2.45) is 11.3 Å². The van der Waals surface area contributed by atoms with Crippen LogP contribution in [-0.4, -0.2) is 37.1 Å². The number of hydrogen-bond acceptors (Lipinski definition) is 2. The van der Waals surface area contributed by atoms with Gasteiger partial charge in [0.05, 0.1) is 0 Å². The fraction of sp³-hybridized carbons (Fsp3) is 1.00. The molecule has 1 aliphatic heterocycles. The second-order valence-corrected chi connectivity index (χ2v) is 5.97. The smallest absolute Gasteiger partial charge is 0.0192 e. The van der Waals surface area contributed by atoms with Gasteiger partial charge >= 0.3 is 0 Å². The summed E-state index contributed by atoms with van der Waals surface area (Å²) in [5, 5.41) is 3.55. The lowest BCUT2D eigenvalue weighted by Gasteiger charge is -2.33. The lowest BCUT2D eigenvalue weighted by molar-refractivity contribution is 0.149. The Bertz CT molecular complexity index is 175. The summed E-state index contributed by atoms with van der Waals surface area (Å²) < 4.78 is 0. The van der Waals surface area contributed by atoms with Gasteiger partial charge in [0.15, 0.2) is 0 Å². The number of nitrogens with one attached hydrogen (secondary N) is 1. The van der Waals surface area contributed by atoms with Gasteiger partial charge in [-0.1, -0.05) is 27.7 Å². The summed E-state index contributed by atoms with van der Waals surface area (Å²) in [6.45, 7) is 16.4. The fourth-order valence-electron chi connectivity index (χ4n) is 2.22. The summed E-state index contributed by atoms with van der Waals surface area (Å²) in [6.07, 6.45) is 0. The summed E-state index contributed by atoms with van der Waals surface area (Å²) in [5.74, 6) is 0.770. The van der Waals surface area contributed by atoms with Gasteiger partial charge in [-0.2, -0.15) is 0 Å². The Labute approximate surface area is 89.1 Å². The molecule has 0 saturated carbocycles. The van der Waals surface area contributed by atoms with E-state index in [-0.39, 0.29) is 0 Å². The van der Waals surface area contributed by atoms with E-state index in [1.807, 2.05) is 0 Å². The zero-order chi connectivity index (χ0) is 10.8. The SMILES string of the molecule is CC(C)CN1CC(C)(C)CNCC1C. The Morgan fingerprint density at radius 3 is 2.64 bits per heavy atom. The van der Waals surface area contributed by atoms with Crippen molar-refractivity contribution in [2.75, 3.05) is 26.2 Å². The first-order chi connectivity index (χ1) is 6.41. The molecule has 1 atom stereocenters. The van der Waals surface area contributed by atoms with Gasteiger partial charge in [0.1, 0.15) is 0 Å². The number of rotatable bonds is 2. The zero-order valence-electron chi connectivity index (χ0n) is 10.4. The standard InChI is InChI=1S/C12H26N2/c1-10(2)7-14-9-12(4,5)8-13-6-11(14)3/h10-11,13H,6-9H2,1-5H3. The molecule has 1 fully saturated rings. The molecule has 1 N–H and O–H groups in total. The van der Waals surface area contributed by atoms with E-state index >= 15 is 0 Å². The minimum atomic E-state index is 0.416. The van der Waals surface area contributed by atoms with Crippen molar-refractivity contribution >= 4 is 0 Å². The summed E-state index contributed by atoms with van der Waals surface area (Å²) in [7, 11) is 0. The Kier molecular flexibility index (Phi) is 3.96. The van der Waals surface area contributed by atoms with Crippen molar-refractivity contribution in [1.29, 1.82) is 0 Å². The Balaban J connectivity index is 2.59. The number of hydrogen-bond donors (Lipinski definition) is 1. The van der Waals surface area contributed by atoms with E-state index < -0.39 is 0 Å². The first-order valence-electron chi connectivity index (χ1n) is 5.85. The predicted molar refractivity (Wildman–Crippen MR) is 62.5 cm³/mol. The molecule has 1 saturated heterocycles. The second kappa shape index (κ2) is 4.63. The van der Waals surface area contributed by atoms with E-state index in [2.05, 4.69) is 44.8 Å². The largest absolute Gasteiger partial charge is 0.315 e. The monoisotopic (exact) mass is 198 g/mol. The molecule has 2 heteroatoms. The van der Waals surface area contributed by atoms with Crippen LogP contribution in [0.25, 0.3) is 0 Å². The third-order valence-corrected chi connectivity index (χ3v) is 2.90. The first kappa shape index (κ1) is 12.0. The first-order valence-corrected chi connectivity index (χ1v) is 5.85. The van der Waals surface area contributed by atoms with Gasteiger partial charge < -0.3 is 5.32 Å². The van der Waals surface area contributed by atoms with Crippen molar-refractivity contribution in [3.63, 3.8) is 0 Å². The fourth-order valence-corrected chi connectivity index (χ4v) is 2.22. The molecule has 84 valence electrons. The van der Waals surface area contributed by atoms with E-state index in [0.717, 1.165) is 19.0 Å². The average Bonchev–Trinajstić information content (AvgIpc) is 2.10. The van der Waals surface area contributed by atoms with Crippen LogP contribution >= 0.6 is 0 Å². The van der Waals surface area contributed by atoms with Crippen molar-refractivity contribution in [3.05, 3.63) is 0 Å². The van der Waals surface area contributed by atoms with Crippen LogP contribution < -0.4 is 5.32 Å². The van der Waals surface area contributed by atoms with E-state index in [4.69, 9.17) is 0 Å². The van der Waals surface area contributed by atoms with E-state index in [1.165, 1.54) is 13.1 Å². The molecule has 2 nitrogen and oxygen atoms in total. The van der Waals surface area contributed by atoms with Crippen molar-refractivity contribution in [1.82, 2.24) is 10.2 Å². The highest BCUT2D eigenvalue weighted by Crippen LogP contribution is 2.20. The molecular formula is C12H26N2. The van der Waals surface area contributed by atoms with Crippen molar-refractivity contribution in [3.8, 4) is 0 Å². The van der Waals surface area contributed by atoms with Crippen LogP contribution in [0.3, 0.4) is 0 Å². The third-order valence-electron chi connectivity index (χ3n) is 2.90. The van der Waals surface area contributed by atoms with Gasteiger partial charge in [-0.25, -0.2) is 0 Å². The van der Waals surface area contributed by atoms with Crippen LogP contribution in [0.2, 0.25) is 0 Å². The van der Waals surface area contributed by atoms with Gasteiger partial charge in [-0.15, -0.1) is 0 Å². The lowest BCUT2D eigenvalue weighted by atomic mass is 9.93. The highest BCUT2D eigenvalue weighted by Gasteiger charge is 2.28. The van der Waals surface area contributed by atoms with E-state index in [9.17, 15) is 0 Å². The molecule has 1 rings (SSSR count). The molecule has 14 heavy (non-hydrogen) atoms. The predicted octanol–water partition coefficient (Wildman–Crippen LogP) is 1.96. The molecule has 0 radical (unpaired) electrons. The van der Waals surface area contributed by atoms with Crippen LogP contribution in [0.4, 0.5) is 0 Å². The molecule has 0 amide bonds. The molecule has 1 heterocycles. The topological polar surface area (TPSA) is 15.3 Å². The summed E-state index contributed by atoms with van der Waals surface area (Å²) in [4.78, 5) is 2.63. The molecule has 0 bridgehead atoms. The van der Waals surface area contributed by atoms with Gasteiger partial charge in [-0.05, 0) is 18.3 Å². The highest BCUT2D eigenvalue weighted by atomic mass is 15.2. The van der Waals surface area contributed by atoms with Crippen LogP contribution in [-0.2, 0) is 0 Å². The Hall–Kier alpha value is -0.0800. The Morgan fingerprint density at radius 2 is 2.07 bits per heavy atom. The minimum Gasteiger partial charge on any atom is -0.315 e. The second-order valence-electron chi connectivity index (χ2n) is 5.97. The molecule has 0 spiro atoms. The molecule has 1 unspecified atom stereocenters. The van der Waals surface area contributed by atoms with Gasteiger partial charge in [0, 0.05) is 32.2 Å². The van der Waals surface area contributed by atoms with Crippen molar-refractivity contribution < 1.29 is 0 Å². The van der Waals surface area contributed by atoms with E-state index in [0.29, 0.717) is 11.5 Å². The van der Waals surface area contributed by atoms with Crippen LogP contribution in [0, 0.1) is 11.3 Å². The summed E-state index contributed by atoms with van der Waals surface area (Å²) >= 11 is 0. The van der Waals surface area contributed by atoms with Gasteiger partial charge in [0.2, 0.25) is 0 Å². The maximum absolute atomic E-state index is 3.55. The number of nitrogens with zero attached hydrogens (tertiary/aromatic N) is 1. The maximum atomic E-state index is 3.55. The molecular weight excluding hydrogens is 172 g/mol. The molecule has 1 aliphatic rings. The molecule has 0 aliphatic carbocycles. The zero-order valence-corrected chi connectivity index (χ0v) is 10.4. The normalized spacial score (nSPS) is 29.1. The van der Waals surface area contributed by atoms with Crippen molar-refractivity contribution in [2.45, 2.75) is 40.7 Å². The maximum Gasteiger partial charge on any atom is 0.0192 e. The van der Waals surface area contributed by atoms with E-state index in [1.54, 1.807) is 0 Å². The third kappa shape index (κ3) is 3.58. The highest BCUT2D eigenvalue weighted by molar-refractivity contribution is 4.84. The van der Waals surface area contributed by atoms with Crippen LogP contribution in [0.1, 0.15) is 34.6 Å². The van der Waals surface area contributed by atoms with Crippen LogP contribution in [0.15, 0.2) is 0 Å². The quantitative estimate of drug-likeness (QED) is 0.730. The summed E-state index contributed by atoms with van der Waals surface area (Å²) in [5.41, 5.74) is 0.416. The average molecular weight is 198 g/mol. The minimum absolute atomic E-state index is 0.416. The van der Waals surface area contributed by atoms with Crippen LogP contribution in [0.5, 0.6) is 0 Å². The molecule has 0 aromatic rings. The molecule has 0 aromatic carbocycles.